The number of rotatable bonds is 3. The Kier molecular flexibility index (Phi) is 2.38. The van der Waals surface area contributed by atoms with E-state index in [0.29, 0.717) is 12.2 Å². The molecule has 0 saturated heterocycles. The van der Waals surface area contributed by atoms with Gasteiger partial charge >= 0.3 is 0 Å². The number of hydrogen-bond donors (Lipinski definition) is 2. The summed E-state index contributed by atoms with van der Waals surface area (Å²) < 4.78 is 1.56. The lowest BCUT2D eigenvalue weighted by atomic mass is 10.1. The van der Waals surface area contributed by atoms with Crippen LogP contribution in [0.3, 0.4) is 0 Å². The van der Waals surface area contributed by atoms with Gasteiger partial charge in [0, 0.05) is 30.6 Å². The van der Waals surface area contributed by atoms with Gasteiger partial charge in [-0.2, -0.15) is 10.1 Å². The van der Waals surface area contributed by atoms with Crippen molar-refractivity contribution in [2.75, 3.05) is 6.61 Å². The van der Waals surface area contributed by atoms with Crippen LogP contribution in [0.2, 0.25) is 0 Å². The quantitative estimate of drug-likeness (QED) is 0.686. The molecule has 1 atom stereocenters. The molecule has 0 fully saturated rings. The van der Waals surface area contributed by atoms with Gasteiger partial charge in [-0.15, -0.1) is 0 Å². The molecule has 3 N–H and O–H groups in total. The summed E-state index contributed by atoms with van der Waals surface area (Å²) in [6.45, 7) is 0.0660. The van der Waals surface area contributed by atoms with Gasteiger partial charge in [0.2, 0.25) is 0 Å². The Hall–Kier alpha value is -1.53. The van der Waals surface area contributed by atoms with Crippen LogP contribution in [0, 0.1) is 0 Å². The largest absolute Gasteiger partial charge is 0.396 e. The molecular formula is C8H11N5O. The zero-order valence-electron chi connectivity index (χ0n) is 7.54. The molecule has 2 heterocycles. The molecule has 0 amide bonds. The van der Waals surface area contributed by atoms with E-state index in [9.17, 15) is 0 Å². The summed E-state index contributed by atoms with van der Waals surface area (Å²) in [5, 5.41) is 12.7. The summed E-state index contributed by atoms with van der Waals surface area (Å²) in [5.74, 6) is 0.546. The number of nitrogens with two attached hydrogens (primary N) is 1. The van der Waals surface area contributed by atoms with Gasteiger partial charge in [0.05, 0.1) is 0 Å². The van der Waals surface area contributed by atoms with Crippen LogP contribution in [0.4, 0.5) is 0 Å². The molecule has 6 nitrogen and oxygen atoms in total. The second-order valence-corrected chi connectivity index (χ2v) is 3.01. The zero-order valence-corrected chi connectivity index (χ0v) is 7.54. The van der Waals surface area contributed by atoms with E-state index < -0.39 is 0 Å². The summed E-state index contributed by atoms with van der Waals surface area (Å²) in [7, 11) is 0. The third kappa shape index (κ3) is 1.57. The van der Waals surface area contributed by atoms with Crippen molar-refractivity contribution in [3.63, 3.8) is 0 Å². The van der Waals surface area contributed by atoms with Crippen molar-refractivity contribution in [1.29, 1.82) is 0 Å². The molecule has 0 aliphatic carbocycles. The van der Waals surface area contributed by atoms with Crippen molar-refractivity contribution < 1.29 is 5.11 Å². The van der Waals surface area contributed by atoms with E-state index in [4.69, 9.17) is 10.8 Å². The first-order valence-corrected chi connectivity index (χ1v) is 4.33. The lowest BCUT2D eigenvalue weighted by molar-refractivity contribution is 0.276. The second-order valence-electron chi connectivity index (χ2n) is 3.01. The fourth-order valence-electron chi connectivity index (χ4n) is 1.23. The Morgan fingerprint density at radius 2 is 2.36 bits per heavy atom. The molecule has 0 bridgehead atoms. The third-order valence-electron chi connectivity index (χ3n) is 2.02. The van der Waals surface area contributed by atoms with Crippen molar-refractivity contribution in [2.45, 2.75) is 12.5 Å². The maximum atomic E-state index is 8.74. The molecule has 0 aromatic carbocycles. The first-order valence-electron chi connectivity index (χ1n) is 4.33. The van der Waals surface area contributed by atoms with Gasteiger partial charge in [0.25, 0.3) is 5.78 Å². The Morgan fingerprint density at radius 1 is 1.50 bits per heavy atom. The average molecular weight is 193 g/mol. The minimum absolute atomic E-state index is 0.0660. The van der Waals surface area contributed by atoms with Gasteiger partial charge in [0.15, 0.2) is 0 Å². The molecule has 74 valence electrons. The van der Waals surface area contributed by atoms with Gasteiger partial charge in [-0.3, -0.25) is 0 Å². The minimum Gasteiger partial charge on any atom is -0.396 e. The van der Waals surface area contributed by atoms with Crippen LogP contribution in [0.1, 0.15) is 18.0 Å². The maximum absolute atomic E-state index is 8.74. The lowest BCUT2D eigenvalue weighted by Gasteiger charge is -2.08. The topological polar surface area (TPSA) is 89.3 Å². The van der Waals surface area contributed by atoms with Gasteiger partial charge in [-0.1, -0.05) is 0 Å². The van der Waals surface area contributed by atoms with Crippen molar-refractivity contribution in [3.8, 4) is 0 Å². The Morgan fingerprint density at radius 3 is 3.14 bits per heavy atom. The zero-order chi connectivity index (χ0) is 9.97. The maximum Gasteiger partial charge on any atom is 0.252 e. The fourth-order valence-corrected chi connectivity index (χ4v) is 1.23. The average Bonchev–Trinajstić information content (AvgIpc) is 2.64. The molecule has 1 unspecified atom stereocenters. The van der Waals surface area contributed by atoms with Crippen LogP contribution in [0.25, 0.3) is 5.78 Å². The highest BCUT2D eigenvalue weighted by Crippen LogP contribution is 2.11. The molecule has 0 spiro atoms. The Balaban J connectivity index is 2.33. The van der Waals surface area contributed by atoms with E-state index in [1.54, 1.807) is 16.9 Å². The normalized spacial score (nSPS) is 13.3. The van der Waals surface area contributed by atoms with E-state index >= 15 is 0 Å². The van der Waals surface area contributed by atoms with Crippen LogP contribution in [0.15, 0.2) is 18.7 Å². The van der Waals surface area contributed by atoms with E-state index in [0.717, 1.165) is 5.56 Å². The SMILES string of the molecule is NC(CCO)c1cnc2ncnn2c1. The van der Waals surface area contributed by atoms with E-state index in [2.05, 4.69) is 15.1 Å². The van der Waals surface area contributed by atoms with Crippen molar-refractivity contribution >= 4 is 5.78 Å². The van der Waals surface area contributed by atoms with Crippen LogP contribution in [0.5, 0.6) is 0 Å². The van der Waals surface area contributed by atoms with Crippen molar-refractivity contribution in [1.82, 2.24) is 19.6 Å². The van der Waals surface area contributed by atoms with Gasteiger partial charge in [-0.25, -0.2) is 9.50 Å². The summed E-state index contributed by atoms with van der Waals surface area (Å²) in [6.07, 6.45) is 5.38. The predicted molar refractivity (Wildman–Crippen MR) is 49.4 cm³/mol. The molecule has 0 saturated carbocycles. The van der Waals surface area contributed by atoms with E-state index in [1.807, 2.05) is 0 Å². The van der Waals surface area contributed by atoms with Gasteiger partial charge in [-0.05, 0) is 6.42 Å². The number of fused-ring (bicyclic) bond motifs is 1. The van der Waals surface area contributed by atoms with Crippen LogP contribution in [-0.4, -0.2) is 31.3 Å². The Bertz CT molecular complexity index is 426. The highest BCUT2D eigenvalue weighted by Gasteiger charge is 2.07. The highest BCUT2D eigenvalue weighted by molar-refractivity contribution is 5.26. The Labute approximate surface area is 80.4 Å². The fraction of sp³-hybridized carbons (Fsp3) is 0.375. The summed E-state index contributed by atoms with van der Waals surface area (Å²) in [6, 6.07) is -0.207. The van der Waals surface area contributed by atoms with Crippen LogP contribution >= 0.6 is 0 Å². The molecule has 2 aromatic heterocycles. The second kappa shape index (κ2) is 3.69. The van der Waals surface area contributed by atoms with E-state index in [1.165, 1.54) is 6.33 Å². The van der Waals surface area contributed by atoms with Crippen molar-refractivity contribution in [2.24, 2.45) is 5.73 Å². The molecule has 2 rings (SSSR count). The van der Waals surface area contributed by atoms with E-state index in [-0.39, 0.29) is 12.6 Å². The molecular weight excluding hydrogens is 182 g/mol. The van der Waals surface area contributed by atoms with Gasteiger partial charge in [0.1, 0.15) is 6.33 Å². The third-order valence-corrected chi connectivity index (χ3v) is 2.02. The predicted octanol–water partition coefficient (Wildman–Crippen LogP) is -0.494. The number of aromatic nitrogens is 4. The number of nitrogens with zero attached hydrogens (tertiary/aromatic N) is 4. The van der Waals surface area contributed by atoms with Crippen LogP contribution in [-0.2, 0) is 0 Å². The molecule has 14 heavy (non-hydrogen) atoms. The smallest absolute Gasteiger partial charge is 0.252 e. The molecule has 0 aliphatic heterocycles. The lowest BCUT2D eigenvalue weighted by Crippen LogP contribution is -2.13. The number of hydrogen-bond acceptors (Lipinski definition) is 5. The number of aliphatic hydroxyl groups excluding tert-OH is 1. The standard InChI is InChI=1S/C8H11N5O/c9-7(1-2-14)6-3-10-8-11-5-12-13(8)4-6/h3-5,7,14H,1-2,9H2. The molecule has 0 radical (unpaired) electrons. The molecule has 0 aliphatic rings. The van der Waals surface area contributed by atoms with Gasteiger partial charge < -0.3 is 10.8 Å². The minimum atomic E-state index is -0.207. The van der Waals surface area contributed by atoms with Crippen molar-refractivity contribution in [3.05, 3.63) is 24.3 Å². The first kappa shape index (κ1) is 9.04. The summed E-state index contributed by atoms with van der Waals surface area (Å²) in [4.78, 5) is 7.99. The number of aliphatic hydroxyl groups is 1. The summed E-state index contributed by atoms with van der Waals surface area (Å²) in [5.41, 5.74) is 6.65. The van der Waals surface area contributed by atoms with Crippen LogP contribution < -0.4 is 5.73 Å². The molecule has 2 aromatic rings. The first-order chi connectivity index (χ1) is 6.81. The summed E-state index contributed by atoms with van der Waals surface area (Å²) >= 11 is 0. The molecule has 6 heteroatoms. The monoisotopic (exact) mass is 193 g/mol. The highest BCUT2D eigenvalue weighted by atomic mass is 16.3.